The molecule has 0 radical (unpaired) electrons. The first-order valence-corrected chi connectivity index (χ1v) is 6.83. The standard InChI is InChI=1S/C17H21NO3/c1-11-5-8-16(19)14(9-11)12(2)18-15-7-6-13(20-3)10-17(15)21-4/h5-10,12,18-19H,1-4H3. The molecule has 2 aromatic carbocycles. The lowest BCUT2D eigenvalue weighted by atomic mass is 10.0. The average molecular weight is 287 g/mol. The van der Waals surface area contributed by atoms with Crippen molar-refractivity contribution in [2.45, 2.75) is 19.9 Å². The van der Waals surface area contributed by atoms with Crippen LogP contribution in [0.1, 0.15) is 24.1 Å². The fraction of sp³-hybridized carbons (Fsp3) is 0.294. The van der Waals surface area contributed by atoms with Crippen molar-refractivity contribution < 1.29 is 14.6 Å². The minimum absolute atomic E-state index is 0.0489. The molecule has 0 heterocycles. The summed E-state index contributed by atoms with van der Waals surface area (Å²) < 4.78 is 10.6. The quantitative estimate of drug-likeness (QED) is 0.876. The number of aryl methyl sites for hydroxylation is 1. The second kappa shape index (κ2) is 6.39. The lowest BCUT2D eigenvalue weighted by Gasteiger charge is -2.19. The number of rotatable bonds is 5. The number of aromatic hydroxyl groups is 1. The second-order valence-corrected chi connectivity index (χ2v) is 4.99. The van der Waals surface area contributed by atoms with Crippen LogP contribution in [-0.2, 0) is 0 Å². The third kappa shape index (κ3) is 3.40. The fourth-order valence-electron chi connectivity index (χ4n) is 2.25. The van der Waals surface area contributed by atoms with E-state index in [0.717, 1.165) is 22.6 Å². The number of phenols is 1. The van der Waals surface area contributed by atoms with Crippen LogP contribution in [0.15, 0.2) is 36.4 Å². The SMILES string of the molecule is COc1ccc(NC(C)c2cc(C)ccc2O)c(OC)c1. The molecule has 0 aliphatic heterocycles. The summed E-state index contributed by atoms with van der Waals surface area (Å²) in [5.74, 6) is 1.73. The molecule has 2 aromatic rings. The van der Waals surface area contributed by atoms with Crippen molar-refractivity contribution >= 4 is 5.69 Å². The molecule has 2 N–H and O–H groups in total. The zero-order valence-electron chi connectivity index (χ0n) is 12.8. The minimum Gasteiger partial charge on any atom is -0.508 e. The van der Waals surface area contributed by atoms with Gasteiger partial charge in [-0.05, 0) is 32.0 Å². The minimum atomic E-state index is -0.0489. The first-order chi connectivity index (χ1) is 10.0. The van der Waals surface area contributed by atoms with E-state index in [0.29, 0.717) is 5.75 Å². The summed E-state index contributed by atoms with van der Waals surface area (Å²) in [4.78, 5) is 0. The topological polar surface area (TPSA) is 50.7 Å². The second-order valence-electron chi connectivity index (χ2n) is 4.99. The monoisotopic (exact) mass is 287 g/mol. The molecule has 4 nitrogen and oxygen atoms in total. The molecule has 0 saturated heterocycles. The van der Waals surface area contributed by atoms with E-state index in [1.54, 1.807) is 20.3 Å². The van der Waals surface area contributed by atoms with E-state index < -0.39 is 0 Å². The smallest absolute Gasteiger partial charge is 0.145 e. The van der Waals surface area contributed by atoms with E-state index in [4.69, 9.17) is 9.47 Å². The summed E-state index contributed by atoms with van der Waals surface area (Å²) in [7, 11) is 3.24. The maximum atomic E-state index is 10.0. The highest BCUT2D eigenvalue weighted by Crippen LogP contribution is 2.33. The van der Waals surface area contributed by atoms with E-state index >= 15 is 0 Å². The third-order valence-electron chi connectivity index (χ3n) is 3.43. The zero-order chi connectivity index (χ0) is 15.4. The lowest BCUT2D eigenvalue weighted by Crippen LogP contribution is -2.08. The normalized spacial score (nSPS) is 11.8. The number of ether oxygens (including phenoxy) is 2. The molecule has 0 bridgehead atoms. The highest BCUT2D eigenvalue weighted by atomic mass is 16.5. The van der Waals surface area contributed by atoms with Crippen LogP contribution in [0.25, 0.3) is 0 Å². The van der Waals surface area contributed by atoms with Crippen LogP contribution in [0.3, 0.4) is 0 Å². The molecule has 1 unspecified atom stereocenters. The fourth-order valence-corrected chi connectivity index (χ4v) is 2.25. The lowest BCUT2D eigenvalue weighted by molar-refractivity contribution is 0.395. The molecular weight excluding hydrogens is 266 g/mol. The van der Waals surface area contributed by atoms with Crippen LogP contribution in [-0.4, -0.2) is 19.3 Å². The number of benzene rings is 2. The van der Waals surface area contributed by atoms with Crippen molar-refractivity contribution in [1.82, 2.24) is 0 Å². The molecule has 21 heavy (non-hydrogen) atoms. The summed E-state index contributed by atoms with van der Waals surface area (Å²) >= 11 is 0. The summed E-state index contributed by atoms with van der Waals surface area (Å²) in [6.45, 7) is 4.00. The van der Waals surface area contributed by atoms with Crippen molar-refractivity contribution in [3.63, 3.8) is 0 Å². The van der Waals surface area contributed by atoms with E-state index in [9.17, 15) is 5.11 Å². The molecule has 0 saturated carbocycles. The van der Waals surface area contributed by atoms with Crippen LogP contribution in [0.5, 0.6) is 17.2 Å². The Hall–Kier alpha value is -2.36. The van der Waals surface area contributed by atoms with Crippen LogP contribution < -0.4 is 14.8 Å². The van der Waals surface area contributed by atoms with Crippen LogP contribution >= 0.6 is 0 Å². The van der Waals surface area contributed by atoms with Crippen molar-refractivity contribution in [3.8, 4) is 17.2 Å². The molecule has 4 heteroatoms. The largest absolute Gasteiger partial charge is 0.508 e. The van der Waals surface area contributed by atoms with Gasteiger partial charge in [0.05, 0.1) is 25.9 Å². The number of nitrogens with one attached hydrogen (secondary N) is 1. The number of methoxy groups -OCH3 is 2. The maximum Gasteiger partial charge on any atom is 0.145 e. The molecule has 112 valence electrons. The summed E-state index contributed by atoms with van der Waals surface area (Å²) in [5, 5.41) is 13.4. The highest BCUT2D eigenvalue weighted by molar-refractivity contribution is 5.60. The molecule has 0 aromatic heterocycles. The molecule has 0 spiro atoms. The van der Waals surface area contributed by atoms with Crippen LogP contribution in [0.4, 0.5) is 5.69 Å². The van der Waals surface area contributed by atoms with Crippen molar-refractivity contribution in [1.29, 1.82) is 0 Å². The maximum absolute atomic E-state index is 10.0. The van der Waals surface area contributed by atoms with E-state index in [1.165, 1.54) is 0 Å². The van der Waals surface area contributed by atoms with Gasteiger partial charge in [0.25, 0.3) is 0 Å². The Morgan fingerprint density at radius 3 is 2.48 bits per heavy atom. The van der Waals surface area contributed by atoms with Gasteiger partial charge in [-0.1, -0.05) is 17.7 Å². The number of anilines is 1. The van der Waals surface area contributed by atoms with Gasteiger partial charge < -0.3 is 19.9 Å². The Bertz CT molecular complexity index is 625. The van der Waals surface area contributed by atoms with Gasteiger partial charge in [0, 0.05) is 11.6 Å². The Morgan fingerprint density at radius 2 is 1.81 bits per heavy atom. The zero-order valence-corrected chi connectivity index (χ0v) is 12.8. The van der Waals surface area contributed by atoms with Gasteiger partial charge in [0.1, 0.15) is 17.2 Å². The number of hydrogen-bond donors (Lipinski definition) is 2. The Kier molecular flexibility index (Phi) is 4.58. The predicted molar refractivity (Wildman–Crippen MR) is 84.4 cm³/mol. The molecular formula is C17H21NO3. The highest BCUT2D eigenvalue weighted by Gasteiger charge is 2.13. The van der Waals surface area contributed by atoms with Gasteiger partial charge in [0.15, 0.2) is 0 Å². The summed E-state index contributed by atoms with van der Waals surface area (Å²) in [5.41, 5.74) is 2.82. The Labute approximate surface area is 125 Å². The van der Waals surface area contributed by atoms with Crippen molar-refractivity contribution in [3.05, 3.63) is 47.5 Å². The number of phenolic OH excluding ortho intramolecular Hbond substituents is 1. The summed E-state index contributed by atoms with van der Waals surface area (Å²) in [6.07, 6.45) is 0. The summed E-state index contributed by atoms with van der Waals surface area (Å²) in [6, 6.07) is 11.1. The molecule has 2 rings (SSSR count). The van der Waals surface area contributed by atoms with Gasteiger partial charge in [0.2, 0.25) is 0 Å². The van der Waals surface area contributed by atoms with Gasteiger partial charge in [-0.2, -0.15) is 0 Å². The van der Waals surface area contributed by atoms with Gasteiger partial charge in [-0.15, -0.1) is 0 Å². The van der Waals surface area contributed by atoms with Gasteiger partial charge in [-0.25, -0.2) is 0 Å². The van der Waals surface area contributed by atoms with Crippen molar-refractivity contribution in [2.75, 3.05) is 19.5 Å². The molecule has 0 amide bonds. The average Bonchev–Trinajstić information content (AvgIpc) is 2.49. The first kappa shape index (κ1) is 15.0. The van der Waals surface area contributed by atoms with E-state index in [-0.39, 0.29) is 11.8 Å². The number of hydrogen-bond acceptors (Lipinski definition) is 4. The Balaban J connectivity index is 2.26. The molecule has 0 aliphatic rings. The van der Waals surface area contributed by atoms with Gasteiger partial charge >= 0.3 is 0 Å². The third-order valence-corrected chi connectivity index (χ3v) is 3.43. The van der Waals surface area contributed by atoms with Gasteiger partial charge in [-0.3, -0.25) is 0 Å². The first-order valence-electron chi connectivity index (χ1n) is 6.83. The molecule has 0 aliphatic carbocycles. The van der Waals surface area contributed by atoms with E-state index in [1.807, 2.05) is 44.2 Å². The van der Waals surface area contributed by atoms with Crippen LogP contribution in [0, 0.1) is 6.92 Å². The predicted octanol–water partition coefficient (Wildman–Crippen LogP) is 3.89. The van der Waals surface area contributed by atoms with E-state index in [2.05, 4.69) is 5.32 Å². The van der Waals surface area contributed by atoms with Crippen molar-refractivity contribution in [2.24, 2.45) is 0 Å². The molecule has 0 fully saturated rings. The Morgan fingerprint density at radius 1 is 1.05 bits per heavy atom. The molecule has 1 atom stereocenters. The van der Waals surface area contributed by atoms with Crippen LogP contribution in [0.2, 0.25) is 0 Å².